The van der Waals surface area contributed by atoms with E-state index in [1.165, 1.54) is 51.5 Å². The van der Waals surface area contributed by atoms with Gasteiger partial charge in [-0.3, -0.25) is 0 Å². The van der Waals surface area contributed by atoms with Crippen LogP contribution >= 0.6 is 0 Å². The molecule has 108 valence electrons. The van der Waals surface area contributed by atoms with Crippen LogP contribution in [0.15, 0.2) is 12.4 Å². The van der Waals surface area contributed by atoms with E-state index in [0.717, 1.165) is 35.3 Å². The van der Waals surface area contributed by atoms with Gasteiger partial charge in [-0.15, -0.1) is 0 Å². The third-order valence-electron chi connectivity index (χ3n) is 5.92. The van der Waals surface area contributed by atoms with E-state index in [9.17, 15) is 0 Å². The minimum atomic E-state index is 0.730. The molecule has 0 amide bonds. The van der Waals surface area contributed by atoms with E-state index >= 15 is 0 Å². The Morgan fingerprint density at radius 2 is 2.15 bits per heavy atom. The van der Waals surface area contributed by atoms with Crippen LogP contribution in [0.3, 0.4) is 0 Å². The summed E-state index contributed by atoms with van der Waals surface area (Å²) in [6.45, 7) is 3.24. The topological polar surface area (TPSA) is 29.0 Å². The average molecular weight is 271 g/mol. The van der Waals surface area contributed by atoms with Crippen LogP contribution in [0.25, 0.3) is 0 Å². The monoisotopic (exact) mass is 271 g/mol. The Bertz CT molecular complexity index is 487. The molecule has 20 heavy (non-hydrogen) atoms. The third-order valence-corrected chi connectivity index (χ3v) is 5.92. The fraction of sp³-hybridized carbons (Fsp3) is 0.765. The average Bonchev–Trinajstić information content (AvgIpc) is 3.14. The van der Waals surface area contributed by atoms with Gasteiger partial charge in [0.05, 0.1) is 0 Å². The first-order valence-corrected chi connectivity index (χ1v) is 8.35. The molecule has 3 heteroatoms. The van der Waals surface area contributed by atoms with Crippen LogP contribution in [0.5, 0.6) is 0 Å². The van der Waals surface area contributed by atoms with Crippen LogP contribution in [0.1, 0.15) is 50.6 Å². The van der Waals surface area contributed by atoms with E-state index in [4.69, 9.17) is 0 Å². The summed E-state index contributed by atoms with van der Waals surface area (Å²) in [6.07, 6.45) is 11.9. The summed E-state index contributed by atoms with van der Waals surface area (Å²) >= 11 is 0. The molecule has 1 aromatic rings. The van der Waals surface area contributed by atoms with Crippen molar-refractivity contribution in [3.05, 3.63) is 18.1 Å². The second-order valence-electron chi connectivity index (χ2n) is 7.18. The van der Waals surface area contributed by atoms with Crippen LogP contribution in [-0.2, 0) is 0 Å². The molecule has 2 aliphatic carbocycles. The van der Waals surface area contributed by atoms with Crippen molar-refractivity contribution >= 4 is 5.82 Å². The molecule has 1 aliphatic heterocycles. The standard InChI is InChI=1S/C17H25N3/c1-12-7-17(19-11-18-12)20-6-2-3-16(20)10-15-9-13-4-5-14(15)8-13/h7,11,13-16H,2-6,8-10H2,1H3. The lowest BCUT2D eigenvalue weighted by Gasteiger charge is -2.31. The molecule has 4 unspecified atom stereocenters. The minimum absolute atomic E-state index is 0.730. The van der Waals surface area contributed by atoms with Crippen molar-refractivity contribution in [2.75, 3.05) is 11.4 Å². The van der Waals surface area contributed by atoms with Gasteiger partial charge in [-0.05, 0) is 63.2 Å². The zero-order valence-electron chi connectivity index (χ0n) is 12.5. The van der Waals surface area contributed by atoms with Crippen molar-refractivity contribution in [2.45, 2.75) is 57.9 Å². The number of nitrogens with zero attached hydrogens (tertiary/aromatic N) is 3. The number of aromatic nitrogens is 2. The van der Waals surface area contributed by atoms with Gasteiger partial charge in [-0.1, -0.05) is 6.42 Å². The lowest BCUT2D eigenvalue weighted by molar-refractivity contribution is 0.294. The zero-order valence-corrected chi connectivity index (χ0v) is 12.5. The van der Waals surface area contributed by atoms with Gasteiger partial charge in [0.2, 0.25) is 0 Å². The van der Waals surface area contributed by atoms with Gasteiger partial charge in [0, 0.05) is 24.3 Å². The van der Waals surface area contributed by atoms with E-state index in [2.05, 4.69) is 27.9 Å². The Hall–Kier alpha value is -1.12. The van der Waals surface area contributed by atoms with Crippen molar-refractivity contribution in [1.29, 1.82) is 0 Å². The summed E-state index contributed by atoms with van der Waals surface area (Å²) in [5, 5.41) is 0. The molecular weight excluding hydrogens is 246 g/mol. The van der Waals surface area contributed by atoms with Crippen LogP contribution < -0.4 is 4.90 Å². The Labute approximate surface area is 121 Å². The fourth-order valence-corrected chi connectivity index (χ4v) is 4.99. The van der Waals surface area contributed by atoms with Crippen molar-refractivity contribution in [1.82, 2.24) is 9.97 Å². The number of aryl methyl sites for hydroxylation is 1. The Morgan fingerprint density at radius 3 is 2.90 bits per heavy atom. The van der Waals surface area contributed by atoms with E-state index in [1.54, 1.807) is 6.33 Å². The van der Waals surface area contributed by atoms with Crippen molar-refractivity contribution in [3.63, 3.8) is 0 Å². The van der Waals surface area contributed by atoms with E-state index < -0.39 is 0 Å². The molecule has 4 rings (SSSR count). The van der Waals surface area contributed by atoms with Gasteiger partial charge >= 0.3 is 0 Å². The highest BCUT2D eigenvalue weighted by molar-refractivity contribution is 5.41. The van der Waals surface area contributed by atoms with Gasteiger partial charge in [0.25, 0.3) is 0 Å². The SMILES string of the molecule is Cc1cc(N2CCCC2CC2CC3CCC2C3)ncn1. The van der Waals surface area contributed by atoms with Gasteiger partial charge < -0.3 is 4.90 Å². The highest BCUT2D eigenvalue weighted by Gasteiger charge is 2.41. The molecule has 2 bridgehead atoms. The van der Waals surface area contributed by atoms with Gasteiger partial charge in [0.1, 0.15) is 12.1 Å². The van der Waals surface area contributed by atoms with Crippen LogP contribution in [0, 0.1) is 24.7 Å². The molecule has 4 atom stereocenters. The number of rotatable bonds is 3. The number of hydrogen-bond donors (Lipinski definition) is 0. The molecule has 1 saturated heterocycles. The number of fused-ring (bicyclic) bond motifs is 2. The Balaban J connectivity index is 1.47. The lowest BCUT2D eigenvalue weighted by atomic mass is 9.84. The first kappa shape index (κ1) is 12.6. The molecular formula is C17H25N3. The summed E-state index contributed by atoms with van der Waals surface area (Å²) in [5.74, 6) is 4.28. The maximum Gasteiger partial charge on any atom is 0.132 e. The van der Waals surface area contributed by atoms with E-state index in [0.29, 0.717) is 0 Å². The summed E-state index contributed by atoms with van der Waals surface area (Å²) in [7, 11) is 0. The number of hydrogen-bond acceptors (Lipinski definition) is 3. The molecule has 0 spiro atoms. The second kappa shape index (κ2) is 5.01. The van der Waals surface area contributed by atoms with Crippen molar-refractivity contribution < 1.29 is 0 Å². The zero-order chi connectivity index (χ0) is 13.5. The largest absolute Gasteiger partial charge is 0.354 e. The summed E-state index contributed by atoms with van der Waals surface area (Å²) in [6, 6.07) is 2.88. The van der Waals surface area contributed by atoms with Gasteiger partial charge in [-0.2, -0.15) is 0 Å². The van der Waals surface area contributed by atoms with Gasteiger partial charge in [0.15, 0.2) is 0 Å². The lowest BCUT2D eigenvalue weighted by Crippen LogP contribution is -2.33. The molecule has 2 saturated carbocycles. The molecule has 0 aromatic carbocycles. The highest BCUT2D eigenvalue weighted by Crippen LogP contribution is 2.50. The maximum atomic E-state index is 4.51. The quantitative estimate of drug-likeness (QED) is 0.841. The van der Waals surface area contributed by atoms with E-state index in [1.807, 2.05) is 0 Å². The first-order chi connectivity index (χ1) is 9.79. The molecule has 2 heterocycles. The van der Waals surface area contributed by atoms with Crippen molar-refractivity contribution in [2.24, 2.45) is 17.8 Å². The molecule has 0 N–H and O–H groups in total. The Morgan fingerprint density at radius 1 is 1.20 bits per heavy atom. The minimum Gasteiger partial charge on any atom is -0.354 e. The normalized spacial score (nSPS) is 36.0. The fourth-order valence-electron chi connectivity index (χ4n) is 4.99. The highest BCUT2D eigenvalue weighted by atomic mass is 15.2. The third kappa shape index (κ3) is 2.21. The predicted molar refractivity (Wildman–Crippen MR) is 80.7 cm³/mol. The molecule has 1 aromatic heterocycles. The first-order valence-electron chi connectivity index (χ1n) is 8.35. The van der Waals surface area contributed by atoms with Crippen molar-refractivity contribution in [3.8, 4) is 0 Å². The van der Waals surface area contributed by atoms with Gasteiger partial charge in [-0.25, -0.2) is 9.97 Å². The molecule has 0 radical (unpaired) electrons. The number of anilines is 1. The van der Waals surface area contributed by atoms with E-state index in [-0.39, 0.29) is 0 Å². The van der Waals surface area contributed by atoms with Crippen LogP contribution in [-0.4, -0.2) is 22.6 Å². The summed E-state index contributed by atoms with van der Waals surface area (Å²) < 4.78 is 0. The summed E-state index contributed by atoms with van der Waals surface area (Å²) in [5.41, 5.74) is 1.08. The van der Waals surface area contributed by atoms with Crippen LogP contribution in [0.2, 0.25) is 0 Å². The maximum absolute atomic E-state index is 4.51. The predicted octanol–water partition coefficient (Wildman–Crippen LogP) is 3.58. The second-order valence-corrected chi connectivity index (χ2v) is 7.18. The molecule has 3 aliphatic rings. The molecule has 3 nitrogen and oxygen atoms in total. The smallest absolute Gasteiger partial charge is 0.132 e. The Kier molecular flexibility index (Phi) is 3.16. The van der Waals surface area contributed by atoms with Crippen LogP contribution in [0.4, 0.5) is 5.82 Å². The molecule has 3 fully saturated rings. The summed E-state index contributed by atoms with van der Waals surface area (Å²) in [4.78, 5) is 11.3.